The molecule has 0 spiro atoms. The Morgan fingerprint density at radius 1 is 1.41 bits per heavy atom. The summed E-state index contributed by atoms with van der Waals surface area (Å²) in [7, 11) is 0. The van der Waals surface area contributed by atoms with E-state index >= 15 is 0 Å². The molecule has 1 aliphatic heterocycles. The van der Waals surface area contributed by atoms with E-state index in [1.807, 2.05) is 13.8 Å². The number of rotatable bonds is 6. The summed E-state index contributed by atoms with van der Waals surface area (Å²) >= 11 is 0. The van der Waals surface area contributed by atoms with Gasteiger partial charge in [-0.3, -0.25) is 0 Å². The van der Waals surface area contributed by atoms with Crippen LogP contribution in [0.15, 0.2) is 0 Å². The highest BCUT2D eigenvalue weighted by atomic mass is 15.2. The summed E-state index contributed by atoms with van der Waals surface area (Å²) in [4.78, 5) is 2.55. The van der Waals surface area contributed by atoms with Crippen LogP contribution in [0.1, 0.15) is 46.5 Å². The van der Waals surface area contributed by atoms with Crippen LogP contribution >= 0.6 is 0 Å². The van der Waals surface area contributed by atoms with Crippen molar-refractivity contribution in [3.63, 3.8) is 0 Å². The van der Waals surface area contributed by atoms with Gasteiger partial charge in [-0.2, -0.15) is 5.26 Å². The topological polar surface area (TPSA) is 53.0 Å². The molecule has 0 amide bonds. The number of likely N-dealkylation sites (tertiary alicyclic amines) is 1. The van der Waals surface area contributed by atoms with E-state index in [1.54, 1.807) is 0 Å². The summed E-state index contributed by atoms with van der Waals surface area (Å²) in [5, 5.41) is 8.94. The second kappa shape index (κ2) is 6.37. The first-order valence-corrected chi connectivity index (χ1v) is 6.84. The Hall–Kier alpha value is -0.590. The molecule has 2 N–H and O–H groups in total. The monoisotopic (exact) mass is 237 g/mol. The molecular weight excluding hydrogens is 210 g/mol. The number of hydrogen-bond donors (Lipinski definition) is 1. The molecule has 0 aromatic rings. The molecule has 2 unspecified atom stereocenters. The smallest absolute Gasteiger partial charge is 0.0683 e. The maximum atomic E-state index is 8.94. The lowest BCUT2D eigenvalue weighted by atomic mass is 9.89. The minimum Gasteiger partial charge on any atom is -0.330 e. The average molecular weight is 237 g/mol. The van der Waals surface area contributed by atoms with Gasteiger partial charge in [0.25, 0.3) is 0 Å². The maximum Gasteiger partial charge on any atom is 0.0683 e. The lowest BCUT2D eigenvalue weighted by Gasteiger charge is -2.22. The Balaban J connectivity index is 2.18. The molecule has 1 heterocycles. The molecule has 1 fully saturated rings. The molecule has 17 heavy (non-hydrogen) atoms. The number of hydrogen-bond acceptors (Lipinski definition) is 3. The van der Waals surface area contributed by atoms with Crippen molar-refractivity contribution >= 4 is 0 Å². The van der Waals surface area contributed by atoms with E-state index in [0.29, 0.717) is 12.0 Å². The van der Waals surface area contributed by atoms with Crippen LogP contribution in [0.5, 0.6) is 0 Å². The number of nitrogens with zero attached hydrogens (tertiary/aromatic N) is 2. The quantitative estimate of drug-likeness (QED) is 0.722. The normalized spacial score (nSPS) is 26.1. The van der Waals surface area contributed by atoms with Crippen LogP contribution in [0.3, 0.4) is 0 Å². The van der Waals surface area contributed by atoms with Crippen molar-refractivity contribution < 1.29 is 0 Å². The van der Waals surface area contributed by atoms with Crippen molar-refractivity contribution in [3.05, 3.63) is 0 Å². The van der Waals surface area contributed by atoms with Crippen molar-refractivity contribution in [3.8, 4) is 6.07 Å². The van der Waals surface area contributed by atoms with Gasteiger partial charge >= 0.3 is 0 Å². The van der Waals surface area contributed by atoms with Crippen LogP contribution in [-0.2, 0) is 0 Å². The Morgan fingerprint density at radius 3 is 2.65 bits per heavy atom. The van der Waals surface area contributed by atoms with Crippen molar-refractivity contribution in [1.82, 2.24) is 4.90 Å². The molecule has 0 aromatic heterocycles. The van der Waals surface area contributed by atoms with E-state index in [-0.39, 0.29) is 5.41 Å². The molecule has 98 valence electrons. The lowest BCUT2D eigenvalue weighted by Crippen LogP contribution is -2.29. The first-order chi connectivity index (χ1) is 7.98. The predicted molar refractivity (Wildman–Crippen MR) is 71.4 cm³/mol. The Labute approximate surface area is 106 Å². The van der Waals surface area contributed by atoms with E-state index in [1.165, 1.54) is 25.9 Å². The standard InChI is InChI=1S/C14H27N3/c1-12-8-13(9-15)10-17(12)7-5-4-6-14(2,3)11-16/h12-13H,4-10,15H2,1-3H3. The van der Waals surface area contributed by atoms with Crippen LogP contribution in [-0.4, -0.2) is 30.6 Å². The minimum atomic E-state index is -0.156. The maximum absolute atomic E-state index is 8.94. The van der Waals surface area contributed by atoms with Crippen LogP contribution in [0.2, 0.25) is 0 Å². The Morgan fingerprint density at radius 2 is 2.12 bits per heavy atom. The first kappa shape index (κ1) is 14.5. The fourth-order valence-electron chi connectivity index (χ4n) is 2.64. The predicted octanol–water partition coefficient (Wildman–Crippen LogP) is 2.38. The van der Waals surface area contributed by atoms with Gasteiger partial charge in [0.15, 0.2) is 0 Å². The van der Waals surface area contributed by atoms with Crippen LogP contribution < -0.4 is 5.73 Å². The van der Waals surface area contributed by atoms with Crippen molar-refractivity contribution in [2.45, 2.75) is 52.5 Å². The summed E-state index contributed by atoms with van der Waals surface area (Å²) in [5.74, 6) is 0.695. The Kier molecular flexibility index (Phi) is 5.42. The highest BCUT2D eigenvalue weighted by Gasteiger charge is 2.27. The zero-order valence-corrected chi connectivity index (χ0v) is 11.6. The summed E-state index contributed by atoms with van der Waals surface area (Å²) in [6.45, 7) is 9.50. The van der Waals surface area contributed by atoms with Gasteiger partial charge in [0, 0.05) is 12.6 Å². The number of unbranched alkanes of at least 4 members (excludes halogenated alkanes) is 1. The zero-order chi connectivity index (χ0) is 12.9. The molecule has 1 aliphatic rings. The fraction of sp³-hybridized carbons (Fsp3) is 0.929. The molecule has 3 heteroatoms. The van der Waals surface area contributed by atoms with Crippen molar-refractivity contribution in [2.24, 2.45) is 17.1 Å². The molecule has 3 nitrogen and oxygen atoms in total. The minimum absolute atomic E-state index is 0.156. The van der Waals surface area contributed by atoms with Crippen LogP contribution in [0.25, 0.3) is 0 Å². The molecule has 0 aromatic carbocycles. The Bertz CT molecular complexity index is 267. The van der Waals surface area contributed by atoms with E-state index in [2.05, 4.69) is 17.9 Å². The van der Waals surface area contributed by atoms with Gasteiger partial charge in [-0.05, 0) is 59.0 Å². The molecule has 1 rings (SSSR count). The summed E-state index contributed by atoms with van der Waals surface area (Å²) in [6, 6.07) is 3.05. The molecule has 0 bridgehead atoms. The summed E-state index contributed by atoms with van der Waals surface area (Å²) in [6.07, 6.45) is 4.61. The highest BCUT2D eigenvalue weighted by Crippen LogP contribution is 2.24. The summed E-state index contributed by atoms with van der Waals surface area (Å²) < 4.78 is 0. The van der Waals surface area contributed by atoms with Gasteiger partial charge in [-0.15, -0.1) is 0 Å². The van der Waals surface area contributed by atoms with Gasteiger partial charge in [-0.25, -0.2) is 0 Å². The third-order valence-electron chi connectivity index (χ3n) is 3.92. The van der Waals surface area contributed by atoms with Gasteiger partial charge in [0.2, 0.25) is 0 Å². The average Bonchev–Trinajstić information content (AvgIpc) is 2.66. The second-order valence-electron chi connectivity index (χ2n) is 6.13. The van der Waals surface area contributed by atoms with Crippen LogP contribution in [0, 0.1) is 22.7 Å². The molecule has 2 atom stereocenters. The second-order valence-corrected chi connectivity index (χ2v) is 6.13. The zero-order valence-electron chi connectivity index (χ0n) is 11.6. The largest absolute Gasteiger partial charge is 0.330 e. The third kappa shape index (κ3) is 4.65. The lowest BCUT2D eigenvalue weighted by molar-refractivity contribution is 0.253. The van der Waals surface area contributed by atoms with E-state index < -0.39 is 0 Å². The van der Waals surface area contributed by atoms with E-state index in [9.17, 15) is 0 Å². The molecule has 1 saturated heterocycles. The van der Waals surface area contributed by atoms with Gasteiger partial charge in [0.1, 0.15) is 0 Å². The molecular formula is C14H27N3. The molecule has 0 aliphatic carbocycles. The summed E-state index contributed by atoms with van der Waals surface area (Å²) in [5.41, 5.74) is 5.57. The molecule has 0 saturated carbocycles. The van der Waals surface area contributed by atoms with Gasteiger partial charge in [-0.1, -0.05) is 6.42 Å². The van der Waals surface area contributed by atoms with Gasteiger partial charge in [0.05, 0.1) is 11.5 Å². The van der Waals surface area contributed by atoms with Crippen molar-refractivity contribution in [1.29, 1.82) is 5.26 Å². The number of nitrogens with two attached hydrogens (primary N) is 1. The SMILES string of the molecule is CC1CC(CN)CN1CCCCC(C)(C)C#N. The fourth-order valence-corrected chi connectivity index (χ4v) is 2.64. The van der Waals surface area contributed by atoms with Crippen LogP contribution in [0.4, 0.5) is 0 Å². The highest BCUT2D eigenvalue weighted by molar-refractivity contribution is 4.91. The van der Waals surface area contributed by atoms with Crippen molar-refractivity contribution in [2.75, 3.05) is 19.6 Å². The van der Waals surface area contributed by atoms with E-state index in [4.69, 9.17) is 11.0 Å². The van der Waals surface area contributed by atoms with E-state index in [0.717, 1.165) is 19.4 Å². The number of nitriles is 1. The third-order valence-corrected chi connectivity index (χ3v) is 3.92. The first-order valence-electron chi connectivity index (χ1n) is 6.84. The van der Waals surface area contributed by atoms with Gasteiger partial charge < -0.3 is 10.6 Å². The molecule has 0 radical (unpaired) electrons.